The van der Waals surface area contributed by atoms with Crippen molar-refractivity contribution in [2.45, 2.75) is 38.8 Å². The number of carbonyl (C=O) groups is 1. The lowest BCUT2D eigenvalue weighted by atomic mass is 10.1. The summed E-state index contributed by atoms with van der Waals surface area (Å²) in [6, 6.07) is 3.68. The first-order valence-corrected chi connectivity index (χ1v) is 9.80. The molecule has 0 aromatic heterocycles. The average molecular weight is 342 g/mol. The van der Waals surface area contributed by atoms with Gasteiger partial charge in [-0.2, -0.15) is 0 Å². The number of amides is 2. The van der Waals surface area contributed by atoms with Crippen molar-refractivity contribution in [2.24, 2.45) is 0 Å². The minimum Gasteiger partial charge on any atom is -0.331 e. The Morgan fingerprint density at radius 3 is 2.78 bits per heavy atom. The summed E-state index contributed by atoms with van der Waals surface area (Å²) in [7, 11) is -3.16. The minimum absolute atomic E-state index is 0.0792. The Labute approximate surface area is 136 Å². The van der Waals surface area contributed by atoms with Crippen LogP contribution in [0.3, 0.4) is 0 Å². The predicted octanol–water partition coefficient (Wildman–Crippen LogP) is 2.28. The number of halogens is 1. The van der Waals surface area contributed by atoms with Crippen LogP contribution in [0.25, 0.3) is 0 Å². The second-order valence-electron chi connectivity index (χ2n) is 6.11. The van der Waals surface area contributed by atoms with Gasteiger partial charge in [-0.25, -0.2) is 17.6 Å². The van der Waals surface area contributed by atoms with E-state index in [0.29, 0.717) is 6.54 Å². The van der Waals surface area contributed by atoms with E-state index >= 15 is 0 Å². The third-order valence-electron chi connectivity index (χ3n) is 4.16. The first-order chi connectivity index (χ1) is 10.7. The van der Waals surface area contributed by atoms with E-state index in [9.17, 15) is 17.6 Å². The molecule has 5 nitrogen and oxygen atoms in total. The molecule has 2 amide bonds. The maximum atomic E-state index is 13.4. The number of benzene rings is 1. The van der Waals surface area contributed by atoms with E-state index in [1.807, 2.05) is 0 Å². The summed E-state index contributed by atoms with van der Waals surface area (Å²) < 4.78 is 36.3. The Balaban J connectivity index is 2.08. The monoisotopic (exact) mass is 342 g/mol. The first-order valence-electron chi connectivity index (χ1n) is 7.74. The fourth-order valence-electron chi connectivity index (χ4n) is 3.14. The van der Waals surface area contributed by atoms with Gasteiger partial charge in [-0.05, 0) is 49.9 Å². The summed E-state index contributed by atoms with van der Waals surface area (Å²) in [5.74, 6) is -0.396. The van der Waals surface area contributed by atoms with E-state index in [1.54, 1.807) is 19.9 Å². The summed E-state index contributed by atoms with van der Waals surface area (Å²) in [5.41, 5.74) is 1.86. The molecule has 0 aliphatic heterocycles. The number of rotatable bonds is 5. The summed E-state index contributed by atoms with van der Waals surface area (Å²) >= 11 is 0. The van der Waals surface area contributed by atoms with Crippen LogP contribution < -0.4 is 5.32 Å². The normalized spacial score (nSPS) is 18.3. The standard InChI is InChI=1S/C16H23FN2O3S/c1-4-19(11(2)10-23(3,21)22)16(20)18-15-8-6-12-5-7-13(17)9-14(12)15/h5,7,9,11,15H,4,6,8,10H2,1-3H3,(H,18,20)/t11-,15+/m0/s1. The number of aryl methyl sites for hydroxylation is 1. The summed E-state index contributed by atoms with van der Waals surface area (Å²) in [4.78, 5) is 14.0. The molecule has 0 fully saturated rings. The molecule has 0 spiro atoms. The molecule has 1 aliphatic carbocycles. The van der Waals surface area contributed by atoms with Gasteiger partial charge in [-0.1, -0.05) is 6.07 Å². The van der Waals surface area contributed by atoms with Crippen molar-refractivity contribution < 1.29 is 17.6 Å². The van der Waals surface area contributed by atoms with E-state index < -0.39 is 15.9 Å². The topological polar surface area (TPSA) is 66.5 Å². The number of nitrogens with zero attached hydrogens (tertiary/aromatic N) is 1. The van der Waals surface area contributed by atoms with Gasteiger partial charge in [-0.3, -0.25) is 0 Å². The molecular formula is C16H23FN2O3S. The smallest absolute Gasteiger partial charge is 0.318 e. The van der Waals surface area contributed by atoms with Crippen molar-refractivity contribution in [3.63, 3.8) is 0 Å². The van der Waals surface area contributed by atoms with Crippen molar-refractivity contribution >= 4 is 15.9 Å². The zero-order chi connectivity index (χ0) is 17.2. The van der Waals surface area contributed by atoms with Gasteiger partial charge in [0.1, 0.15) is 15.7 Å². The van der Waals surface area contributed by atoms with Gasteiger partial charge in [0.05, 0.1) is 11.8 Å². The van der Waals surface area contributed by atoms with E-state index in [-0.39, 0.29) is 23.6 Å². The van der Waals surface area contributed by atoms with E-state index in [1.165, 1.54) is 17.0 Å². The highest BCUT2D eigenvalue weighted by molar-refractivity contribution is 7.90. The fourth-order valence-corrected chi connectivity index (χ4v) is 4.19. The zero-order valence-electron chi connectivity index (χ0n) is 13.7. The molecule has 2 rings (SSSR count). The van der Waals surface area contributed by atoms with Crippen molar-refractivity contribution in [1.82, 2.24) is 10.2 Å². The first kappa shape index (κ1) is 17.7. The van der Waals surface area contributed by atoms with Crippen LogP contribution in [0.5, 0.6) is 0 Å². The van der Waals surface area contributed by atoms with Crippen LogP contribution in [-0.2, 0) is 16.3 Å². The number of nitrogens with one attached hydrogen (secondary N) is 1. The molecule has 1 N–H and O–H groups in total. The largest absolute Gasteiger partial charge is 0.331 e. The average Bonchev–Trinajstić information content (AvgIpc) is 2.80. The lowest BCUT2D eigenvalue weighted by molar-refractivity contribution is 0.183. The third-order valence-corrected chi connectivity index (χ3v) is 5.25. The van der Waals surface area contributed by atoms with E-state index in [2.05, 4.69) is 5.32 Å². The second kappa shape index (κ2) is 6.86. The molecule has 1 aliphatic rings. The quantitative estimate of drug-likeness (QED) is 0.893. The zero-order valence-corrected chi connectivity index (χ0v) is 14.5. The van der Waals surface area contributed by atoms with Crippen molar-refractivity contribution in [2.75, 3.05) is 18.6 Å². The number of sulfone groups is 1. The van der Waals surface area contributed by atoms with Crippen molar-refractivity contribution in [3.05, 3.63) is 35.1 Å². The lowest BCUT2D eigenvalue weighted by Crippen LogP contribution is -2.48. The van der Waals surface area contributed by atoms with Crippen LogP contribution >= 0.6 is 0 Å². The van der Waals surface area contributed by atoms with Gasteiger partial charge in [0.15, 0.2) is 0 Å². The van der Waals surface area contributed by atoms with Crippen LogP contribution in [0.2, 0.25) is 0 Å². The molecule has 2 atom stereocenters. The van der Waals surface area contributed by atoms with Crippen LogP contribution in [-0.4, -0.2) is 43.9 Å². The summed E-state index contributed by atoms with van der Waals surface area (Å²) in [5, 5.41) is 2.91. The number of carbonyl (C=O) groups excluding carboxylic acids is 1. The molecular weight excluding hydrogens is 319 g/mol. The molecule has 7 heteroatoms. The van der Waals surface area contributed by atoms with Crippen molar-refractivity contribution in [1.29, 1.82) is 0 Å². The molecule has 128 valence electrons. The molecule has 23 heavy (non-hydrogen) atoms. The Kier molecular flexibility index (Phi) is 5.29. The van der Waals surface area contributed by atoms with Gasteiger partial charge in [-0.15, -0.1) is 0 Å². The molecule has 0 radical (unpaired) electrons. The number of urea groups is 1. The Morgan fingerprint density at radius 1 is 1.48 bits per heavy atom. The Morgan fingerprint density at radius 2 is 2.17 bits per heavy atom. The fraction of sp³-hybridized carbons (Fsp3) is 0.562. The summed E-state index contributed by atoms with van der Waals surface area (Å²) in [6.45, 7) is 3.93. The molecule has 0 bridgehead atoms. The molecule has 0 unspecified atom stereocenters. The Hall–Kier alpha value is -1.63. The molecule has 0 saturated heterocycles. The predicted molar refractivity (Wildman–Crippen MR) is 87.5 cm³/mol. The summed E-state index contributed by atoms with van der Waals surface area (Å²) in [6.07, 6.45) is 2.68. The molecule has 0 heterocycles. The highest BCUT2D eigenvalue weighted by Crippen LogP contribution is 2.31. The minimum atomic E-state index is -3.16. The number of fused-ring (bicyclic) bond motifs is 1. The highest BCUT2D eigenvalue weighted by atomic mass is 32.2. The third kappa shape index (κ3) is 4.43. The van der Waals surface area contributed by atoms with Crippen LogP contribution in [0, 0.1) is 5.82 Å². The number of hydrogen-bond acceptors (Lipinski definition) is 3. The van der Waals surface area contributed by atoms with Gasteiger partial charge in [0.2, 0.25) is 0 Å². The van der Waals surface area contributed by atoms with Crippen LogP contribution in [0.15, 0.2) is 18.2 Å². The lowest BCUT2D eigenvalue weighted by Gasteiger charge is -2.29. The second-order valence-corrected chi connectivity index (χ2v) is 8.30. The van der Waals surface area contributed by atoms with E-state index in [4.69, 9.17) is 0 Å². The Bertz CT molecular complexity index is 691. The van der Waals surface area contributed by atoms with Gasteiger partial charge in [0, 0.05) is 18.8 Å². The maximum Gasteiger partial charge on any atom is 0.318 e. The van der Waals surface area contributed by atoms with E-state index in [0.717, 1.165) is 30.2 Å². The van der Waals surface area contributed by atoms with Gasteiger partial charge < -0.3 is 10.2 Å². The SMILES string of the molecule is CCN(C(=O)N[C@@H]1CCc2ccc(F)cc21)[C@@H](C)CS(C)(=O)=O. The maximum absolute atomic E-state index is 13.4. The molecule has 1 aromatic carbocycles. The highest BCUT2D eigenvalue weighted by Gasteiger charge is 2.28. The molecule has 1 aromatic rings. The van der Waals surface area contributed by atoms with Crippen LogP contribution in [0.1, 0.15) is 37.4 Å². The number of hydrogen-bond donors (Lipinski definition) is 1. The van der Waals surface area contributed by atoms with Crippen LogP contribution in [0.4, 0.5) is 9.18 Å². The van der Waals surface area contributed by atoms with Gasteiger partial charge >= 0.3 is 6.03 Å². The van der Waals surface area contributed by atoms with Crippen molar-refractivity contribution in [3.8, 4) is 0 Å². The molecule has 0 saturated carbocycles. The van der Waals surface area contributed by atoms with Gasteiger partial charge in [0.25, 0.3) is 0 Å².